The Bertz CT molecular complexity index is 453. The molecule has 0 N–H and O–H groups in total. The Balaban J connectivity index is 1.74. The lowest BCUT2D eigenvalue weighted by Crippen LogP contribution is -2.49. The predicted octanol–water partition coefficient (Wildman–Crippen LogP) is 2.02. The SMILES string of the molecule is CCCOc1ccc(OCC(=O)N2CCN(CC)CC2)cc1. The Morgan fingerprint density at radius 1 is 1.00 bits per heavy atom. The minimum atomic E-state index is 0.0575. The molecule has 122 valence electrons. The van der Waals surface area contributed by atoms with Crippen molar-refractivity contribution in [1.29, 1.82) is 0 Å². The second kappa shape index (κ2) is 8.63. The monoisotopic (exact) mass is 306 g/mol. The number of nitrogens with zero attached hydrogens (tertiary/aromatic N) is 2. The van der Waals surface area contributed by atoms with E-state index < -0.39 is 0 Å². The molecule has 1 aliphatic rings. The van der Waals surface area contributed by atoms with Crippen molar-refractivity contribution in [1.82, 2.24) is 9.80 Å². The van der Waals surface area contributed by atoms with E-state index in [1.165, 1.54) is 0 Å². The van der Waals surface area contributed by atoms with Gasteiger partial charge in [-0.15, -0.1) is 0 Å². The van der Waals surface area contributed by atoms with E-state index in [0.29, 0.717) is 12.4 Å². The number of benzene rings is 1. The van der Waals surface area contributed by atoms with Crippen LogP contribution in [0.1, 0.15) is 20.3 Å². The molecule has 1 heterocycles. The lowest BCUT2D eigenvalue weighted by atomic mass is 10.3. The van der Waals surface area contributed by atoms with Crippen molar-refractivity contribution >= 4 is 5.91 Å². The third-order valence-corrected chi connectivity index (χ3v) is 3.83. The first-order valence-corrected chi connectivity index (χ1v) is 8.08. The largest absolute Gasteiger partial charge is 0.494 e. The average molecular weight is 306 g/mol. The fourth-order valence-electron chi connectivity index (χ4n) is 2.40. The average Bonchev–Trinajstić information content (AvgIpc) is 2.58. The number of rotatable bonds is 7. The third kappa shape index (κ3) is 4.91. The molecule has 0 spiro atoms. The normalized spacial score (nSPS) is 15.6. The van der Waals surface area contributed by atoms with Gasteiger partial charge in [-0.2, -0.15) is 0 Å². The van der Waals surface area contributed by atoms with Crippen LogP contribution >= 0.6 is 0 Å². The Labute approximate surface area is 132 Å². The zero-order chi connectivity index (χ0) is 15.8. The Hall–Kier alpha value is -1.75. The van der Waals surface area contributed by atoms with Gasteiger partial charge in [0.1, 0.15) is 11.5 Å². The van der Waals surface area contributed by atoms with Gasteiger partial charge in [-0.25, -0.2) is 0 Å². The summed E-state index contributed by atoms with van der Waals surface area (Å²) in [6.45, 7) is 9.56. The van der Waals surface area contributed by atoms with Gasteiger partial charge < -0.3 is 19.3 Å². The molecule has 0 atom stereocenters. The van der Waals surface area contributed by atoms with Crippen molar-refractivity contribution in [3.8, 4) is 11.5 Å². The van der Waals surface area contributed by atoms with Crippen LogP contribution in [0, 0.1) is 0 Å². The maximum atomic E-state index is 12.1. The van der Waals surface area contributed by atoms with Gasteiger partial charge in [-0.1, -0.05) is 13.8 Å². The number of hydrogen-bond donors (Lipinski definition) is 0. The molecule has 0 saturated carbocycles. The number of piperazine rings is 1. The summed E-state index contributed by atoms with van der Waals surface area (Å²) in [7, 11) is 0. The van der Waals surface area contributed by atoms with Crippen LogP contribution in [0.4, 0.5) is 0 Å². The van der Waals surface area contributed by atoms with E-state index in [1.54, 1.807) is 0 Å². The molecule has 22 heavy (non-hydrogen) atoms. The van der Waals surface area contributed by atoms with Gasteiger partial charge in [0.15, 0.2) is 6.61 Å². The summed E-state index contributed by atoms with van der Waals surface area (Å²) < 4.78 is 11.1. The van der Waals surface area contributed by atoms with Crippen LogP contribution in [0.25, 0.3) is 0 Å². The minimum absolute atomic E-state index is 0.0575. The summed E-state index contributed by atoms with van der Waals surface area (Å²) in [4.78, 5) is 16.4. The van der Waals surface area contributed by atoms with Crippen LogP contribution < -0.4 is 9.47 Å². The molecule has 0 aromatic heterocycles. The van der Waals surface area contributed by atoms with Crippen molar-refractivity contribution in [2.75, 3.05) is 45.9 Å². The van der Waals surface area contributed by atoms with Crippen LogP contribution in [-0.4, -0.2) is 61.6 Å². The summed E-state index contributed by atoms with van der Waals surface area (Å²) in [6, 6.07) is 7.42. The van der Waals surface area contributed by atoms with E-state index in [4.69, 9.17) is 9.47 Å². The summed E-state index contributed by atoms with van der Waals surface area (Å²) in [5.74, 6) is 1.59. The first-order chi connectivity index (χ1) is 10.7. The van der Waals surface area contributed by atoms with Crippen molar-refractivity contribution < 1.29 is 14.3 Å². The van der Waals surface area contributed by atoms with Crippen LogP contribution in [0.5, 0.6) is 11.5 Å². The molecule has 1 fully saturated rings. The van der Waals surface area contributed by atoms with E-state index in [0.717, 1.165) is 44.9 Å². The molecular weight excluding hydrogens is 280 g/mol. The molecule has 5 heteroatoms. The van der Waals surface area contributed by atoms with E-state index >= 15 is 0 Å². The fraction of sp³-hybridized carbons (Fsp3) is 0.588. The first-order valence-electron chi connectivity index (χ1n) is 8.08. The van der Waals surface area contributed by atoms with Crippen LogP contribution in [0.3, 0.4) is 0 Å². The lowest BCUT2D eigenvalue weighted by Gasteiger charge is -2.33. The predicted molar refractivity (Wildman–Crippen MR) is 86.4 cm³/mol. The molecule has 1 saturated heterocycles. The number of amides is 1. The number of carbonyl (C=O) groups excluding carboxylic acids is 1. The quantitative estimate of drug-likeness (QED) is 0.773. The molecule has 0 unspecified atom stereocenters. The van der Waals surface area contributed by atoms with Gasteiger partial charge in [0.2, 0.25) is 0 Å². The maximum Gasteiger partial charge on any atom is 0.260 e. The Morgan fingerprint density at radius 2 is 1.59 bits per heavy atom. The third-order valence-electron chi connectivity index (χ3n) is 3.83. The zero-order valence-corrected chi connectivity index (χ0v) is 13.6. The topological polar surface area (TPSA) is 42.0 Å². The van der Waals surface area contributed by atoms with Crippen molar-refractivity contribution in [3.05, 3.63) is 24.3 Å². The smallest absolute Gasteiger partial charge is 0.260 e. The number of ether oxygens (including phenoxy) is 2. The summed E-state index contributed by atoms with van der Waals surface area (Å²) in [5, 5.41) is 0. The standard InChI is InChI=1S/C17H26N2O3/c1-3-13-21-15-5-7-16(8-6-15)22-14-17(20)19-11-9-18(4-2)10-12-19/h5-8H,3-4,9-14H2,1-2H3. The fourth-order valence-corrected chi connectivity index (χ4v) is 2.40. The lowest BCUT2D eigenvalue weighted by molar-refractivity contribution is -0.135. The molecule has 1 aromatic rings. The molecule has 0 aliphatic carbocycles. The summed E-state index contributed by atoms with van der Waals surface area (Å²) >= 11 is 0. The molecule has 5 nitrogen and oxygen atoms in total. The highest BCUT2D eigenvalue weighted by atomic mass is 16.5. The second-order valence-electron chi connectivity index (χ2n) is 5.42. The molecule has 2 rings (SSSR count). The van der Waals surface area contributed by atoms with E-state index in [1.807, 2.05) is 29.2 Å². The van der Waals surface area contributed by atoms with Crippen LogP contribution in [0.15, 0.2) is 24.3 Å². The molecule has 0 bridgehead atoms. The van der Waals surface area contributed by atoms with E-state index in [2.05, 4.69) is 18.7 Å². The van der Waals surface area contributed by atoms with Gasteiger partial charge in [-0.05, 0) is 37.2 Å². The molecule has 1 aliphatic heterocycles. The van der Waals surface area contributed by atoms with Gasteiger partial charge >= 0.3 is 0 Å². The number of carbonyl (C=O) groups is 1. The summed E-state index contributed by atoms with van der Waals surface area (Å²) in [6.07, 6.45) is 0.984. The zero-order valence-electron chi connectivity index (χ0n) is 13.6. The van der Waals surface area contributed by atoms with Crippen molar-refractivity contribution in [3.63, 3.8) is 0 Å². The molecular formula is C17H26N2O3. The molecule has 0 radical (unpaired) electrons. The highest BCUT2D eigenvalue weighted by molar-refractivity contribution is 5.77. The molecule has 1 amide bonds. The van der Waals surface area contributed by atoms with Crippen LogP contribution in [-0.2, 0) is 4.79 Å². The minimum Gasteiger partial charge on any atom is -0.494 e. The van der Waals surface area contributed by atoms with Gasteiger partial charge in [0, 0.05) is 26.2 Å². The van der Waals surface area contributed by atoms with Crippen molar-refractivity contribution in [2.24, 2.45) is 0 Å². The highest BCUT2D eigenvalue weighted by Crippen LogP contribution is 2.17. The van der Waals surface area contributed by atoms with Crippen LogP contribution in [0.2, 0.25) is 0 Å². The number of likely N-dealkylation sites (N-methyl/N-ethyl adjacent to an activating group) is 1. The maximum absolute atomic E-state index is 12.1. The first kappa shape index (κ1) is 16.6. The second-order valence-corrected chi connectivity index (χ2v) is 5.42. The number of hydrogen-bond acceptors (Lipinski definition) is 4. The van der Waals surface area contributed by atoms with E-state index in [-0.39, 0.29) is 12.5 Å². The van der Waals surface area contributed by atoms with Gasteiger partial charge in [-0.3, -0.25) is 4.79 Å². The highest BCUT2D eigenvalue weighted by Gasteiger charge is 2.20. The summed E-state index contributed by atoms with van der Waals surface area (Å²) in [5.41, 5.74) is 0. The van der Waals surface area contributed by atoms with Gasteiger partial charge in [0.05, 0.1) is 6.61 Å². The Kier molecular flexibility index (Phi) is 6.52. The Morgan fingerprint density at radius 3 is 2.14 bits per heavy atom. The van der Waals surface area contributed by atoms with Crippen molar-refractivity contribution in [2.45, 2.75) is 20.3 Å². The molecule has 1 aromatic carbocycles. The van der Waals surface area contributed by atoms with Gasteiger partial charge in [0.25, 0.3) is 5.91 Å². The van der Waals surface area contributed by atoms with E-state index in [9.17, 15) is 4.79 Å².